The number of nitrogens with zero attached hydrogens (tertiary/aromatic N) is 2. The number of likely N-dealkylation sites (N-methyl/N-ethyl adjacent to an activating group) is 1. The third-order valence-electron chi connectivity index (χ3n) is 4.82. The van der Waals surface area contributed by atoms with Crippen molar-refractivity contribution in [2.45, 2.75) is 32.2 Å². The van der Waals surface area contributed by atoms with Crippen molar-refractivity contribution in [3.05, 3.63) is 35.9 Å². The van der Waals surface area contributed by atoms with Crippen molar-refractivity contribution in [3.63, 3.8) is 0 Å². The van der Waals surface area contributed by atoms with Gasteiger partial charge in [0.15, 0.2) is 0 Å². The zero-order valence-electron chi connectivity index (χ0n) is 14.1. The second kappa shape index (κ2) is 8.11. The average molecular weight is 317 g/mol. The van der Waals surface area contributed by atoms with E-state index in [4.69, 9.17) is 5.73 Å². The van der Waals surface area contributed by atoms with Gasteiger partial charge in [0.2, 0.25) is 11.8 Å². The zero-order chi connectivity index (χ0) is 16.8. The number of piperidine rings is 1. The van der Waals surface area contributed by atoms with Gasteiger partial charge in [0, 0.05) is 25.6 Å². The Hall–Kier alpha value is -1.88. The fourth-order valence-electron chi connectivity index (χ4n) is 2.98. The van der Waals surface area contributed by atoms with Crippen molar-refractivity contribution in [2.24, 2.45) is 11.7 Å². The first kappa shape index (κ1) is 17.5. The SMILES string of the molecule is C[C@H](C(=O)N1CCC(C(N)=O)CC1)N(C)CCc1ccccc1. The fraction of sp³-hybridized carbons (Fsp3) is 0.556. The van der Waals surface area contributed by atoms with Gasteiger partial charge in [0.05, 0.1) is 6.04 Å². The molecular formula is C18H27N3O2. The summed E-state index contributed by atoms with van der Waals surface area (Å²) in [6.45, 7) is 4.05. The molecule has 23 heavy (non-hydrogen) atoms. The van der Waals surface area contributed by atoms with Crippen LogP contribution in [-0.4, -0.2) is 54.3 Å². The molecule has 0 saturated carbocycles. The van der Waals surface area contributed by atoms with Crippen LogP contribution < -0.4 is 5.73 Å². The Bertz CT molecular complexity index is 524. The van der Waals surface area contributed by atoms with Crippen molar-refractivity contribution < 1.29 is 9.59 Å². The molecule has 2 amide bonds. The molecule has 1 aromatic carbocycles. The highest BCUT2D eigenvalue weighted by molar-refractivity contribution is 5.82. The lowest BCUT2D eigenvalue weighted by Crippen LogP contribution is -2.49. The predicted molar refractivity (Wildman–Crippen MR) is 90.7 cm³/mol. The largest absolute Gasteiger partial charge is 0.369 e. The predicted octanol–water partition coefficient (Wildman–Crippen LogP) is 1.27. The molecule has 0 spiro atoms. The number of carbonyl (C=O) groups excluding carboxylic acids is 2. The van der Waals surface area contributed by atoms with Crippen molar-refractivity contribution >= 4 is 11.8 Å². The van der Waals surface area contributed by atoms with Crippen LogP contribution >= 0.6 is 0 Å². The molecule has 2 rings (SSSR count). The van der Waals surface area contributed by atoms with Crippen LogP contribution in [0.2, 0.25) is 0 Å². The molecule has 126 valence electrons. The molecule has 0 aliphatic carbocycles. The molecule has 1 atom stereocenters. The Morgan fingerprint density at radius 2 is 1.87 bits per heavy atom. The molecule has 1 aliphatic heterocycles. The number of rotatable bonds is 6. The Morgan fingerprint density at radius 3 is 2.43 bits per heavy atom. The summed E-state index contributed by atoms with van der Waals surface area (Å²) in [7, 11) is 1.99. The first-order chi connectivity index (χ1) is 11.0. The van der Waals surface area contributed by atoms with E-state index < -0.39 is 0 Å². The number of hydrogen-bond donors (Lipinski definition) is 1. The molecule has 2 N–H and O–H groups in total. The van der Waals surface area contributed by atoms with Gasteiger partial charge in [-0.25, -0.2) is 0 Å². The van der Waals surface area contributed by atoms with Crippen molar-refractivity contribution in [1.82, 2.24) is 9.80 Å². The summed E-state index contributed by atoms with van der Waals surface area (Å²) >= 11 is 0. The Kier molecular flexibility index (Phi) is 6.16. The first-order valence-electron chi connectivity index (χ1n) is 8.31. The summed E-state index contributed by atoms with van der Waals surface area (Å²) in [5, 5.41) is 0. The van der Waals surface area contributed by atoms with Crippen LogP contribution in [0, 0.1) is 5.92 Å². The van der Waals surface area contributed by atoms with Gasteiger partial charge >= 0.3 is 0 Å². The maximum absolute atomic E-state index is 12.6. The van der Waals surface area contributed by atoms with Gasteiger partial charge in [-0.2, -0.15) is 0 Å². The van der Waals surface area contributed by atoms with E-state index in [1.165, 1.54) is 5.56 Å². The fourth-order valence-corrected chi connectivity index (χ4v) is 2.98. The summed E-state index contributed by atoms with van der Waals surface area (Å²) in [5.41, 5.74) is 6.62. The smallest absolute Gasteiger partial charge is 0.239 e. The number of likely N-dealkylation sites (tertiary alicyclic amines) is 1. The highest BCUT2D eigenvalue weighted by atomic mass is 16.2. The van der Waals surface area contributed by atoms with Gasteiger partial charge in [-0.15, -0.1) is 0 Å². The molecule has 0 unspecified atom stereocenters. The van der Waals surface area contributed by atoms with E-state index in [2.05, 4.69) is 17.0 Å². The van der Waals surface area contributed by atoms with Crippen LogP contribution in [0.15, 0.2) is 30.3 Å². The minimum absolute atomic E-state index is 0.0785. The van der Waals surface area contributed by atoms with Crippen molar-refractivity contribution in [2.75, 3.05) is 26.7 Å². The molecule has 1 aromatic rings. The van der Waals surface area contributed by atoms with Crippen LogP contribution in [0.3, 0.4) is 0 Å². The topological polar surface area (TPSA) is 66.6 Å². The lowest BCUT2D eigenvalue weighted by molar-refractivity contribution is -0.139. The van der Waals surface area contributed by atoms with E-state index in [9.17, 15) is 9.59 Å². The van der Waals surface area contributed by atoms with E-state index in [0.717, 1.165) is 13.0 Å². The Morgan fingerprint density at radius 1 is 1.26 bits per heavy atom. The maximum atomic E-state index is 12.6. The quantitative estimate of drug-likeness (QED) is 0.859. The van der Waals surface area contributed by atoms with Gasteiger partial charge in [-0.3, -0.25) is 14.5 Å². The molecule has 1 saturated heterocycles. The van der Waals surface area contributed by atoms with Gasteiger partial charge in [-0.05, 0) is 38.8 Å². The highest BCUT2D eigenvalue weighted by Crippen LogP contribution is 2.18. The van der Waals surface area contributed by atoms with E-state index in [0.29, 0.717) is 25.9 Å². The molecule has 1 fully saturated rings. The van der Waals surface area contributed by atoms with E-state index in [1.54, 1.807) is 0 Å². The van der Waals surface area contributed by atoms with Crippen LogP contribution in [0.4, 0.5) is 0 Å². The molecule has 0 aromatic heterocycles. The maximum Gasteiger partial charge on any atom is 0.239 e. The standard InChI is InChI=1S/C18H27N3O2/c1-14(20(2)11-8-15-6-4-3-5-7-15)18(23)21-12-9-16(10-13-21)17(19)22/h3-7,14,16H,8-13H2,1-2H3,(H2,19,22)/t14-/m1/s1. The molecule has 1 heterocycles. The lowest BCUT2D eigenvalue weighted by Gasteiger charge is -2.34. The highest BCUT2D eigenvalue weighted by Gasteiger charge is 2.29. The second-order valence-corrected chi connectivity index (χ2v) is 6.39. The molecule has 5 heteroatoms. The minimum atomic E-state index is -0.245. The average Bonchev–Trinajstić information content (AvgIpc) is 2.59. The first-order valence-corrected chi connectivity index (χ1v) is 8.31. The number of nitrogens with two attached hydrogens (primary N) is 1. The summed E-state index contributed by atoms with van der Waals surface area (Å²) in [6, 6.07) is 10.1. The Balaban J connectivity index is 1.81. The minimum Gasteiger partial charge on any atom is -0.369 e. The molecule has 0 bridgehead atoms. The summed E-state index contributed by atoms with van der Waals surface area (Å²) in [5.74, 6) is -0.182. The van der Waals surface area contributed by atoms with E-state index in [-0.39, 0.29) is 23.8 Å². The summed E-state index contributed by atoms with van der Waals surface area (Å²) < 4.78 is 0. The molecule has 1 aliphatic rings. The lowest BCUT2D eigenvalue weighted by atomic mass is 9.96. The third-order valence-corrected chi connectivity index (χ3v) is 4.82. The van der Waals surface area contributed by atoms with E-state index >= 15 is 0 Å². The number of carbonyl (C=O) groups is 2. The summed E-state index contributed by atoms with van der Waals surface area (Å²) in [6.07, 6.45) is 2.29. The monoisotopic (exact) mass is 317 g/mol. The van der Waals surface area contributed by atoms with Crippen molar-refractivity contribution in [3.8, 4) is 0 Å². The molecular weight excluding hydrogens is 290 g/mol. The van der Waals surface area contributed by atoms with Crippen LogP contribution in [0.1, 0.15) is 25.3 Å². The van der Waals surface area contributed by atoms with Crippen molar-refractivity contribution in [1.29, 1.82) is 0 Å². The molecule has 0 radical (unpaired) electrons. The third kappa shape index (κ3) is 4.79. The van der Waals surface area contributed by atoms with Crippen LogP contribution in [0.5, 0.6) is 0 Å². The van der Waals surface area contributed by atoms with Gasteiger partial charge in [0.25, 0.3) is 0 Å². The second-order valence-electron chi connectivity index (χ2n) is 6.39. The zero-order valence-corrected chi connectivity index (χ0v) is 14.1. The summed E-state index contributed by atoms with van der Waals surface area (Å²) in [4.78, 5) is 27.8. The number of hydrogen-bond acceptors (Lipinski definition) is 3. The van der Waals surface area contributed by atoms with E-state index in [1.807, 2.05) is 37.1 Å². The normalized spacial score (nSPS) is 17.3. The van der Waals surface area contributed by atoms with Crippen LogP contribution in [-0.2, 0) is 16.0 Å². The van der Waals surface area contributed by atoms with Gasteiger partial charge in [-0.1, -0.05) is 30.3 Å². The van der Waals surface area contributed by atoms with Gasteiger partial charge < -0.3 is 10.6 Å². The van der Waals surface area contributed by atoms with Gasteiger partial charge in [0.1, 0.15) is 0 Å². The number of amides is 2. The van der Waals surface area contributed by atoms with Crippen LogP contribution in [0.25, 0.3) is 0 Å². The Labute approximate surface area is 138 Å². The number of benzene rings is 1. The molecule has 5 nitrogen and oxygen atoms in total. The number of primary amides is 1.